The molecular formula is C30H24FN7O. The van der Waals surface area contributed by atoms with Crippen LogP contribution in [0.1, 0.15) is 25.7 Å². The smallest absolute Gasteiger partial charge is 0.227 e. The zero-order valence-electron chi connectivity index (χ0n) is 20.9. The number of aromatic nitrogens is 6. The Bertz CT molecular complexity index is 1830. The Morgan fingerprint density at radius 1 is 0.949 bits per heavy atom. The normalized spacial score (nSPS) is 13.9. The van der Waals surface area contributed by atoms with E-state index in [9.17, 15) is 9.18 Å². The van der Waals surface area contributed by atoms with Gasteiger partial charge in [0.1, 0.15) is 11.5 Å². The molecule has 1 aliphatic carbocycles. The topological polar surface area (TPSA) is 112 Å². The molecule has 0 saturated heterocycles. The average molecular weight is 518 g/mol. The molecule has 0 spiro atoms. The molecule has 0 unspecified atom stereocenters. The predicted octanol–water partition coefficient (Wildman–Crippen LogP) is 6.50. The summed E-state index contributed by atoms with van der Waals surface area (Å²) in [6, 6.07) is 16.2. The fourth-order valence-electron chi connectivity index (χ4n) is 5.37. The zero-order valence-corrected chi connectivity index (χ0v) is 20.9. The molecule has 1 saturated carbocycles. The summed E-state index contributed by atoms with van der Waals surface area (Å²) >= 11 is 0. The zero-order chi connectivity index (χ0) is 26.3. The summed E-state index contributed by atoms with van der Waals surface area (Å²) in [6.45, 7) is 0. The first kappa shape index (κ1) is 23.2. The van der Waals surface area contributed by atoms with E-state index in [0.717, 1.165) is 64.4 Å². The van der Waals surface area contributed by atoms with Gasteiger partial charge in [0.2, 0.25) is 5.91 Å². The average Bonchev–Trinajstić information content (AvgIpc) is 3.73. The molecule has 8 nitrogen and oxygen atoms in total. The van der Waals surface area contributed by atoms with Crippen molar-refractivity contribution in [3.63, 3.8) is 0 Å². The number of nitrogens with zero attached hydrogens (tertiary/aromatic N) is 4. The van der Waals surface area contributed by atoms with Crippen molar-refractivity contribution >= 4 is 33.7 Å². The van der Waals surface area contributed by atoms with Crippen LogP contribution in [0.25, 0.3) is 55.8 Å². The Morgan fingerprint density at radius 3 is 2.62 bits per heavy atom. The largest absolute Gasteiger partial charge is 0.335 e. The van der Waals surface area contributed by atoms with Crippen LogP contribution >= 0.6 is 0 Å². The van der Waals surface area contributed by atoms with Crippen LogP contribution in [0, 0.1) is 11.7 Å². The predicted molar refractivity (Wildman–Crippen MR) is 148 cm³/mol. The van der Waals surface area contributed by atoms with Gasteiger partial charge >= 0.3 is 0 Å². The second kappa shape index (κ2) is 9.43. The first-order valence-electron chi connectivity index (χ1n) is 13.0. The highest BCUT2D eigenvalue weighted by atomic mass is 19.1. The van der Waals surface area contributed by atoms with Gasteiger partial charge in [-0.3, -0.25) is 14.9 Å². The Labute approximate surface area is 222 Å². The minimum atomic E-state index is -0.287. The van der Waals surface area contributed by atoms with Gasteiger partial charge in [-0.25, -0.2) is 14.4 Å². The van der Waals surface area contributed by atoms with Gasteiger partial charge in [-0.05, 0) is 60.4 Å². The van der Waals surface area contributed by atoms with Gasteiger partial charge in [-0.15, -0.1) is 0 Å². The number of imidazole rings is 1. The second-order valence-corrected chi connectivity index (χ2v) is 9.91. The van der Waals surface area contributed by atoms with E-state index in [0.29, 0.717) is 22.9 Å². The van der Waals surface area contributed by atoms with E-state index >= 15 is 0 Å². The lowest BCUT2D eigenvalue weighted by molar-refractivity contribution is -0.119. The molecule has 0 atom stereocenters. The SMILES string of the molecule is O=C(Nc1cncc(-c2ccc3[nH]nc(-c4nc5nccc(-c6ccc(F)cc6)c5[nH]4)c3c2)c1)C1CCCC1. The van der Waals surface area contributed by atoms with Crippen molar-refractivity contribution in [2.45, 2.75) is 25.7 Å². The number of H-pyrrole nitrogens is 2. The molecule has 1 aliphatic rings. The van der Waals surface area contributed by atoms with Crippen LogP contribution < -0.4 is 5.32 Å². The van der Waals surface area contributed by atoms with E-state index in [2.05, 4.69) is 30.5 Å². The van der Waals surface area contributed by atoms with E-state index in [1.54, 1.807) is 30.7 Å². The number of carbonyl (C=O) groups is 1. The van der Waals surface area contributed by atoms with Crippen molar-refractivity contribution in [1.29, 1.82) is 0 Å². The molecule has 0 bridgehead atoms. The molecule has 9 heteroatoms. The number of hydrogen-bond acceptors (Lipinski definition) is 5. The maximum atomic E-state index is 13.5. The molecule has 7 rings (SSSR count). The first-order valence-corrected chi connectivity index (χ1v) is 13.0. The third-order valence-corrected chi connectivity index (χ3v) is 7.40. The molecular weight excluding hydrogens is 493 g/mol. The fraction of sp³-hybridized carbons (Fsp3) is 0.167. The van der Waals surface area contributed by atoms with E-state index in [1.807, 2.05) is 30.3 Å². The molecule has 6 aromatic rings. The van der Waals surface area contributed by atoms with Gasteiger partial charge in [0.05, 0.1) is 22.9 Å². The van der Waals surface area contributed by atoms with Crippen molar-refractivity contribution in [3.05, 3.63) is 79.0 Å². The van der Waals surface area contributed by atoms with Crippen LogP contribution in [0.3, 0.4) is 0 Å². The summed E-state index contributed by atoms with van der Waals surface area (Å²) in [6.07, 6.45) is 9.27. The summed E-state index contributed by atoms with van der Waals surface area (Å²) in [5.41, 5.74) is 7.08. The van der Waals surface area contributed by atoms with E-state index in [-0.39, 0.29) is 17.6 Å². The monoisotopic (exact) mass is 517 g/mol. The molecule has 4 aromatic heterocycles. The maximum Gasteiger partial charge on any atom is 0.227 e. The van der Waals surface area contributed by atoms with Crippen LogP contribution in [-0.2, 0) is 4.79 Å². The van der Waals surface area contributed by atoms with Crippen molar-refractivity contribution in [2.75, 3.05) is 5.32 Å². The summed E-state index contributed by atoms with van der Waals surface area (Å²) in [5, 5.41) is 11.6. The van der Waals surface area contributed by atoms with Crippen LogP contribution in [0.15, 0.2) is 73.2 Å². The number of aromatic amines is 2. The number of anilines is 1. The van der Waals surface area contributed by atoms with Crippen LogP contribution in [0.2, 0.25) is 0 Å². The number of halogens is 1. The molecule has 2 aromatic carbocycles. The van der Waals surface area contributed by atoms with Gasteiger partial charge in [0.25, 0.3) is 0 Å². The van der Waals surface area contributed by atoms with Crippen LogP contribution in [0.4, 0.5) is 10.1 Å². The highest BCUT2D eigenvalue weighted by Crippen LogP contribution is 2.33. The molecule has 1 amide bonds. The molecule has 1 fully saturated rings. The molecule has 4 heterocycles. The molecule has 39 heavy (non-hydrogen) atoms. The quantitative estimate of drug-likeness (QED) is 0.242. The summed E-state index contributed by atoms with van der Waals surface area (Å²) in [7, 11) is 0. The van der Waals surface area contributed by atoms with Crippen LogP contribution in [0.5, 0.6) is 0 Å². The number of carbonyl (C=O) groups excluding carboxylic acids is 1. The number of rotatable bonds is 5. The Hall–Kier alpha value is -4.92. The number of pyridine rings is 2. The maximum absolute atomic E-state index is 13.5. The third kappa shape index (κ3) is 4.31. The molecule has 0 aliphatic heterocycles. The van der Waals surface area contributed by atoms with Crippen molar-refractivity contribution in [2.24, 2.45) is 5.92 Å². The lowest BCUT2D eigenvalue weighted by Gasteiger charge is -2.11. The van der Waals surface area contributed by atoms with E-state index < -0.39 is 0 Å². The lowest BCUT2D eigenvalue weighted by atomic mass is 10.0. The van der Waals surface area contributed by atoms with Gasteiger partial charge in [-0.2, -0.15) is 5.10 Å². The minimum absolute atomic E-state index is 0.0672. The highest BCUT2D eigenvalue weighted by molar-refractivity contribution is 5.98. The summed E-state index contributed by atoms with van der Waals surface area (Å²) in [4.78, 5) is 29.5. The van der Waals surface area contributed by atoms with Crippen molar-refractivity contribution in [1.82, 2.24) is 30.1 Å². The van der Waals surface area contributed by atoms with Crippen LogP contribution in [-0.4, -0.2) is 36.0 Å². The van der Waals surface area contributed by atoms with E-state index in [4.69, 9.17) is 4.98 Å². The van der Waals surface area contributed by atoms with Gasteiger partial charge in [0, 0.05) is 34.8 Å². The number of nitrogens with one attached hydrogen (secondary N) is 3. The number of hydrogen-bond donors (Lipinski definition) is 3. The molecule has 0 radical (unpaired) electrons. The Morgan fingerprint density at radius 2 is 1.77 bits per heavy atom. The molecule has 3 N–H and O–H groups in total. The summed E-state index contributed by atoms with van der Waals surface area (Å²) in [5.74, 6) is 0.439. The van der Waals surface area contributed by atoms with Gasteiger partial charge in [-0.1, -0.05) is 31.0 Å². The van der Waals surface area contributed by atoms with Crippen molar-refractivity contribution < 1.29 is 9.18 Å². The lowest BCUT2D eigenvalue weighted by Crippen LogP contribution is -2.20. The number of fused-ring (bicyclic) bond motifs is 2. The van der Waals surface area contributed by atoms with E-state index in [1.165, 1.54) is 12.1 Å². The van der Waals surface area contributed by atoms with Gasteiger partial charge < -0.3 is 10.3 Å². The minimum Gasteiger partial charge on any atom is -0.335 e. The highest BCUT2D eigenvalue weighted by Gasteiger charge is 2.23. The molecule has 192 valence electrons. The van der Waals surface area contributed by atoms with Gasteiger partial charge in [0.15, 0.2) is 11.5 Å². The Kier molecular flexibility index (Phi) is 5.61. The third-order valence-electron chi connectivity index (χ3n) is 7.40. The fourth-order valence-corrected chi connectivity index (χ4v) is 5.37. The number of benzene rings is 2. The second-order valence-electron chi connectivity index (χ2n) is 9.91. The standard InChI is InChI=1S/C30H24FN7O/c31-21-8-5-17(6-9-21)23-11-12-33-28-26(23)35-29(36-28)27-24-14-19(7-10-25(24)37-38-27)20-13-22(16-32-15-20)34-30(39)18-3-1-2-4-18/h5-16,18H,1-4H2,(H,34,39)(H,37,38)(H,33,35,36). The van der Waals surface area contributed by atoms with Crippen molar-refractivity contribution in [3.8, 4) is 33.8 Å². The Balaban J connectivity index is 1.24. The summed E-state index contributed by atoms with van der Waals surface area (Å²) < 4.78 is 13.5. The first-order chi connectivity index (χ1) is 19.1. The number of amides is 1.